The van der Waals surface area contributed by atoms with Crippen molar-refractivity contribution < 1.29 is 28.8 Å². The Bertz CT molecular complexity index is 384. The van der Waals surface area contributed by atoms with Crippen LogP contribution >= 0.6 is 0 Å². The second-order valence-electron chi connectivity index (χ2n) is 7.78. The zero-order valence-corrected chi connectivity index (χ0v) is 13.8. The zero-order valence-electron chi connectivity index (χ0n) is 13.8. The Labute approximate surface area is 126 Å². The summed E-state index contributed by atoms with van der Waals surface area (Å²) >= 11 is 0. The molecule has 0 radical (unpaired) electrons. The Morgan fingerprint density at radius 3 is 1.81 bits per heavy atom. The van der Waals surface area contributed by atoms with Crippen molar-refractivity contribution in [3.63, 3.8) is 0 Å². The molecule has 6 nitrogen and oxygen atoms in total. The van der Waals surface area contributed by atoms with Crippen molar-refractivity contribution in [1.82, 2.24) is 0 Å². The van der Waals surface area contributed by atoms with Crippen LogP contribution < -0.4 is 0 Å². The molecule has 0 saturated carbocycles. The first-order valence-corrected chi connectivity index (χ1v) is 7.13. The van der Waals surface area contributed by atoms with Crippen LogP contribution in [0.1, 0.15) is 54.4 Å². The van der Waals surface area contributed by atoms with E-state index in [2.05, 4.69) is 0 Å². The van der Waals surface area contributed by atoms with Crippen molar-refractivity contribution in [1.29, 1.82) is 0 Å². The SMILES string of the molecule is CC(C)(C)COC(=O)CCC1(C(=O)OCC(C)(C)C)OO1. The Kier molecular flexibility index (Phi) is 5.39. The molecule has 1 aliphatic heterocycles. The van der Waals surface area contributed by atoms with Crippen LogP contribution in [0.2, 0.25) is 0 Å². The predicted octanol–water partition coefficient (Wildman–Crippen LogP) is 2.60. The molecule has 1 saturated heterocycles. The topological polar surface area (TPSA) is 77.7 Å². The van der Waals surface area contributed by atoms with Crippen LogP contribution in [0.3, 0.4) is 0 Å². The highest BCUT2D eigenvalue weighted by Gasteiger charge is 2.58. The molecule has 122 valence electrons. The van der Waals surface area contributed by atoms with Gasteiger partial charge in [0.05, 0.1) is 19.6 Å². The summed E-state index contributed by atoms with van der Waals surface area (Å²) in [6.07, 6.45) is 0.139. The first-order valence-electron chi connectivity index (χ1n) is 7.13. The van der Waals surface area contributed by atoms with Gasteiger partial charge in [0.1, 0.15) is 0 Å². The van der Waals surface area contributed by atoms with Crippen molar-refractivity contribution in [2.75, 3.05) is 13.2 Å². The lowest BCUT2D eigenvalue weighted by molar-refractivity contribution is -0.155. The van der Waals surface area contributed by atoms with Gasteiger partial charge < -0.3 is 9.47 Å². The average molecular weight is 302 g/mol. The van der Waals surface area contributed by atoms with E-state index in [-0.39, 0.29) is 36.2 Å². The molecular weight excluding hydrogens is 276 g/mol. The lowest BCUT2D eigenvalue weighted by Crippen LogP contribution is -2.31. The van der Waals surface area contributed by atoms with Gasteiger partial charge in [-0.1, -0.05) is 41.5 Å². The van der Waals surface area contributed by atoms with E-state index in [0.717, 1.165) is 0 Å². The van der Waals surface area contributed by atoms with E-state index in [0.29, 0.717) is 6.61 Å². The number of ether oxygens (including phenoxy) is 2. The molecule has 0 aromatic rings. The summed E-state index contributed by atoms with van der Waals surface area (Å²) in [5, 5.41) is 0. The van der Waals surface area contributed by atoms with Crippen LogP contribution in [0.15, 0.2) is 0 Å². The summed E-state index contributed by atoms with van der Waals surface area (Å²) in [7, 11) is 0. The molecule has 0 aliphatic carbocycles. The molecule has 1 fully saturated rings. The number of hydrogen-bond acceptors (Lipinski definition) is 6. The van der Waals surface area contributed by atoms with Gasteiger partial charge in [-0.25, -0.2) is 4.79 Å². The minimum Gasteiger partial charge on any atom is -0.465 e. The van der Waals surface area contributed by atoms with Gasteiger partial charge in [0.15, 0.2) is 0 Å². The fraction of sp³-hybridized carbons (Fsp3) is 0.867. The number of rotatable bonds is 6. The molecule has 0 atom stereocenters. The normalized spacial score (nSPS) is 17.2. The minimum absolute atomic E-state index is 0.0424. The quantitative estimate of drug-likeness (QED) is 0.426. The van der Waals surface area contributed by atoms with Gasteiger partial charge in [0.25, 0.3) is 0 Å². The largest absolute Gasteiger partial charge is 0.465 e. The summed E-state index contributed by atoms with van der Waals surface area (Å²) in [5.41, 5.74) is -0.233. The molecule has 0 unspecified atom stereocenters. The second-order valence-corrected chi connectivity index (χ2v) is 7.78. The average Bonchev–Trinajstić information content (AvgIpc) is 3.10. The van der Waals surface area contributed by atoms with Crippen molar-refractivity contribution in [3.8, 4) is 0 Å². The number of carbonyl (C=O) groups excluding carboxylic acids is 2. The van der Waals surface area contributed by atoms with Gasteiger partial charge in [-0.15, -0.1) is 0 Å². The van der Waals surface area contributed by atoms with E-state index in [1.54, 1.807) is 0 Å². The van der Waals surface area contributed by atoms with E-state index in [1.807, 2.05) is 41.5 Å². The molecule has 1 heterocycles. The summed E-state index contributed by atoms with van der Waals surface area (Å²) in [4.78, 5) is 33.0. The van der Waals surface area contributed by atoms with Crippen molar-refractivity contribution in [3.05, 3.63) is 0 Å². The highest BCUT2D eigenvalue weighted by atomic mass is 17.4. The van der Waals surface area contributed by atoms with E-state index in [1.165, 1.54) is 0 Å². The summed E-state index contributed by atoms with van der Waals surface area (Å²) < 4.78 is 10.3. The molecule has 0 amide bonds. The fourth-order valence-corrected chi connectivity index (χ4v) is 1.33. The van der Waals surface area contributed by atoms with Gasteiger partial charge in [-0.3, -0.25) is 4.79 Å². The smallest absolute Gasteiger partial charge is 0.372 e. The Morgan fingerprint density at radius 2 is 1.38 bits per heavy atom. The highest BCUT2D eigenvalue weighted by Crippen LogP contribution is 2.36. The van der Waals surface area contributed by atoms with E-state index >= 15 is 0 Å². The third-order valence-corrected chi connectivity index (χ3v) is 2.56. The van der Waals surface area contributed by atoms with Crippen molar-refractivity contribution in [2.45, 2.75) is 60.2 Å². The van der Waals surface area contributed by atoms with E-state index in [4.69, 9.17) is 19.2 Å². The predicted molar refractivity (Wildman–Crippen MR) is 75.0 cm³/mol. The standard InChI is InChI=1S/C15H26O6/c1-13(2,3)9-18-11(16)7-8-15(20-21-15)12(17)19-10-14(4,5)6/h7-10H2,1-6H3. The Hall–Kier alpha value is -1.14. The fourth-order valence-electron chi connectivity index (χ4n) is 1.33. The van der Waals surface area contributed by atoms with Crippen LogP contribution in [0, 0.1) is 10.8 Å². The monoisotopic (exact) mass is 302 g/mol. The molecule has 0 N–H and O–H groups in total. The summed E-state index contributed by atoms with van der Waals surface area (Å²) in [6, 6.07) is 0. The van der Waals surface area contributed by atoms with Crippen LogP contribution in [-0.2, 0) is 28.8 Å². The van der Waals surface area contributed by atoms with E-state index in [9.17, 15) is 9.59 Å². The third kappa shape index (κ3) is 6.91. The van der Waals surface area contributed by atoms with Crippen LogP contribution in [0.25, 0.3) is 0 Å². The molecule has 1 aliphatic rings. The first-order chi connectivity index (χ1) is 9.44. The molecule has 21 heavy (non-hydrogen) atoms. The Balaban J connectivity index is 2.33. The first kappa shape index (κ1) is 17.9. The van der Waals surface area contributed by atoms with Gasteiger partial charge in [0.2, 0.25) is 0 Å². The third-order valence-electron chi connectivity index (χ3n) is 2.56. The van der Waals surface area contributed by atoms with Crippen molar-refractivity contribution in [2.24, 2.45) is 10.8 Å². The molecule has 6 heteroatoms. The minimum atomic E-state index is -1.42. The van der Waals surface area contributed by atoms with Crippen LogP contribution in [0.4, 0.5) is 0 Å². The maximum absolute atomic E-state index is 11.9. The highest BCUT2D eigenvalue weighted by molar-refractivity contribution is 5.80. The molecule has 1 rings (SSSR count). The van der Waals surface area contributed by atoms with Gasteiger partial charge >= 0.3 is 17.7 Å². The molecular formula is C15H26O6. The number of hydrogen-bond donors (Lipinski definition) is 0. The summed E-state index contributed by atoms with van der Waals surface area (Å²) in [5.74, 6) is -2.40. The number of esters is 2. The summed E-state index contributed by atoms with van der Waals surface area (Å²) in [6.45, 7) is 12.3. The van der Waals surface area contributed by atoms with Crippen LogP contribution in [-0.4, -0.2) is 30.9 Å². The Morgan fingerprint density at radius 1 is 0.905 bits per heavy atom. The molecule has 0 aromatic heterocycles. The van der Waals surface area contributed by atoms with Gasteiger partial charge in [-0.05, 0) is 10.8 Å². The van der Waals surface area contributed by atoms with Crippen molar-refractivity contribution >= 4 is 11.9 Å². The maximum atomic E-state index is 11.9. The second kappa shape index (κ2) is 6.32. The zero-order chi connectivity index (χ0) is 16.3. The van der Waals surface area contributed by atoms with Crippen LogP contribution in [0.5, 0.6) is 0 Å². The lowest BCUT2D eigenvalue weighted by Gasteiger charge is -2.19. The van der Waals surface area contributed by atoms with Gasteiger partial charge in [0, 0.05) is 6.42 Å². The molecule has 0 spiro atoms. The van der Waals surface area contributed by atoms with Gasteiger partial charge in [-0.2, -0.15) is 9.78 Å². The molecule has 0 bridgehead atoms. The molecule has 0 aromatic carbocycles. The number of carbonyl (C=O) groups is 2. The van der Waals surface area contributed by atoms with E-state index < -0.39 is 11.8 Å². The maximum Gasteiger partial charge on any atom is 0.372 e. The lowest BCUT2D eigenvalue weighted by atomic mass is 9.98.